The first-order chi connectivity index (χ1) is 8.52. The van der Waals surface area contributed by atoms with E-state index in [1.54, 1.807) is 24.3 Å². The van der Waals surface area contributed by atoms with Crippen LogP contribution >= 0.6 is 0 Å². The number of nitrogens with one attached hydrogen (secondary N) is 1. The largest absolute Gasteiger partial charge is 0.478 e. The van der Waals surface area contributed by atoms with Crippen LogP contribution in [0.5, 0.6) is 5.75 Å². The Hall–Kier alpha value is -2.08. The number of aliphatic carboxylic acids is 1. The summed E-state index contributed by atoms with van der Waals surface area (Å²) in [5.74, 6) is -0.966. The van der Waals surface area contributed by atoms with Gasteiger partial charge in [-0.2, -0.15) is 0 Å². The number of ether oxygens (including phenoxy) is 2. The maximum Gasteiger partial charge on any atom is 0.347 e. The standard InChI is InChI=1S/C12H15NO5/c1-8(14)13-9-4-3-5-10(6-9)18-11(7-17-2)12(15)16/h3-6,11H,7H2,1-2H3,(H,13,14)(H,15,16). The molecule has 2 N–H and O–H groups in total. The van der Waals surface area contributed by atoms with E-state index in [1.165, 1.54) is 14.0 Å². The monoisotopic (exact) mass is 253 g/mol. The molecule has 0 saturated heterocycles. The summed E-state index contributed by atoms with van der Waals surface area (Å²) in [6.07, 6.45) is -1.08. The normalized spacial score (nSPS) is 11.7. The van der Waals surface area contributed by atoms with Crippen molar-refractivity contribution in [2.75, 3.05) is 19.0 Å². The Kier molecular flexibility index (Phi) is 5.13. The quantitative estimate of drug-likeness (QED) is 0.793. The molecule has 0 aliphatic heterocycles. The maximum absolute atomic E-state index is 10.9. The van der Waals surface area contributed by atoms with E-state index in [4.69, 9.17) is 14.6 Å². The van der Waals surface area contributed by atoms with Crippen molar-refractivity contribution in [2.24, 2.45) is 0 Å². The Morgan fingerprint density at radius 1 is 1.44 bits per heavy atom. The zero-order chi connectivity index (χ0) is 13.5. The number of hydrogen-bond acceptors (Lipinski definition) is 4. The summed E-state index contributed by atoms with van der Waals surface area (Å²) in [7, 11) is 1.40. The molecule has 98 valence electrons. The number of carbonyl (C=O) groups excluding carboxylic acids is 1. The zero-order valence-corrected chi connectivity index (χ0v) is 10.2. The third kappa shape index (κ3) is 4.42. The molecule has 1 unspecified atom stereocenters. The lowest BCUT2D eigenvalue weighted by atomic mass is 10.3. The van der Waals surface area contributed by atoms with Crippen LogP contribution in [0, 0.1) is 0 Å². The van der Waals surface area contributed by atoms with Crippen LogP contribution in [0.2, 0.25) is 0 Å². The first kappa shape index (κ1) is 14.0. The second kappa shape index (κ2) is 6.61. The van der Waals surface area contributed by atoms with Crippen molar-refractivity contribution >= 4 is 17.6 Å². The van der Waals surface area contributed by atoms with Gasteiger partial charge in [0, 0.05) is 25.8 Å². The molecule has 1 aromatic rings. The van der Waals surface area contributed by atoms with Crippen molar-refractivity contribution in [1.82, 2.24) is 0 Å². The SMILES string of the molecule is COCC(Oc1cccc(NC(C)=O)c1)C(=O)O. The number of rotatable bonds is 6. The Bertz CT molecular complexity index is 432. The van der Waals surface area contributed by atoms with Crippen molar-refractivity contribution in [1.29, 1.82) is 0 Å². The number of hydrogen-bond donors (Lipinski definition) is 2. The number of carboxylic acids is 1. The third-order valence-corrected chi connectivity index (χ3v) is 2.03. The summed E-state index contributed by atoms with van der Waals surface area (Å²) in [5, 5.41) is 11.5. The van der Waals surface area contributed by atoms with E-state index < -0.39 is 12.1 Å². The molecule has 0 spiro atoms. The number of methoxy groups -OCH3 is 1. The second-order valence-electron chi connectivity index (χ2n) is 3.61. The molecule has 0 aliphatic rings. The van der Waals surface area contributed by atoms with Gasteiger partial charge in [-0.25, -0.2) is 4.79 Å². The van der Waals surface area contributed by atoms with Gasteiger partial charge >= 0.3 is 5.97 Å². The fourth-order valence-corrected chi connectivity index (χ4v) is 1.32. The molecule has 1 rings (SSSR count). The van der Waals surface area contributed by atoms with Gasteiger partial charge in [0.2, 0.25) is 12.0 Å². The summed E-state index contributed by atoms with van der Waals surface area (Å²) in [6, 6.07) is 6.50. The lowest BCUT2D eigenvalue weighted by Gasteiger charge is -2.14. The van der Waals surface area contributed by atoms with Gasteiger partial charge in [0.25, 0.3) is 0 Å². The highest BCUT2D eigenvalue weighted by molar-refractivity contribution is 5.88. The highest BCUT2D eigenvalue weighted by Gasteiger charge is 2.19. The lowest BCUT2D eigenvalue weighted by molar-refractivity contribution is -0.147. The van der Waals surface area contributed by atoms with E-state index in [-0.39, 0.29) is 12.5 Å². The molecule has 0 heterocycles. The van der Waals surface area contributed by atoms with E-state index >= 15 is 0 Å². The molecule has 1 atom stereocenters. The molecular formula is C12H15NO5. The predicted molar refractivity (Wildman–Crippen MR) is 64.7 cm³/mol. The minimum atomic E-state index is -1.11. The van der Waals surface area contributed by atoms with Crippen LogP contribution in [0.1, 0.15) is 6.92 Å². The fraction of sp³-hybridized carbons (Fsp3) is 0.333. The van der Waals surface area contributed by atoms with Crippen LogP contribution in [0.15, 0.2) is 24.3 Å². The molecule has 1 aromatic carbocycles. The molecule has 6 heteroatoms. The first-order valence-electron chi connectivity index (χ1n) is 5.29. The lowest BCUT2D eigenvalue weighted by Crippen LogP contribution is -2.31. The number of carboxylic acid groups (broad SMARTS) is 1. The van der Waals surface area contributed by atoms with Crippen LogP contribution in [-0.2, 0) is 14.3 Å². The zero-order valence-electron chi connectivity index (χ0n) is 10.2. The van der Waals surface area contributed by atoms with Gasteiger partial charge < -0.3 is 19.9 Å². The van der Waals surface area contributed by atoms with Crippen LogP contribution in [0.4, 0.5) is 5.69 Å². The molecule has 6 nitrogen and oxygen atoms in total. The Morgan fingerprint density at radius 2 is 2.17 bits per heavy atom. The highest BCUT2D eigenvalue weighted by atomic mass is 16.5. The van der Waals surface area contributed by atoms with Gasteiger partial charge in [-0.3, -0.25) is 4.79 Å². The van der Waals surface area contributed by atoms with Crippen molar-refractivity contribution in [3.05, 3.63) is 24.3 Å². The van der Waals surface area contributed by atoms with Crippen molar-refractivity contribution in [3.63, 3.8) is 0 Å². The van der Waals surface area contributed by atoms with E-state index in [1.807, 2.05) is 0 Å². The number of anilines is 1. The Labute approximate surface area is 105 Å². The maximum atomic E-state index is 10.9. The first-order valence-corrected chi connectivity index (χ1v) is 5.29. The molecule has 18 heavy (non-hydrogen) atoms. The third-order valence-electron chi connectivity index (χ3n) is 2.03. The molecule has 0 bridgehead atoms. The van der Waals surface area contributed by atoms with Crippen molar-refractivity contribution in [3.8, 4) is 5.75 Å². The van der Waals surface area contributed by atoms with Crippen molar-refractivity contribution < 1.29 is 24.2 Å². The van der Waals surface area contributed by atoms with Crippen LogP contribution in [0.25, 0.3) is 0 Å². The number of benzene rings is 1. The van der Waals surface area contributed by atoms with Gasteiger partial charge in [-0.1, -0.05) is 6.07 Å². The van der Waals surface area contributed by atoms with E-state index in [9.17, 15) is 9.59 Å². The molecule has 1 amide bonds. The summed E-state index contributed by atoms with van der Waals surface area (Å²) in [6.45, 7) is 1.33. The average molecular weight is 253 g/mol. The molecule has 0 saturated carbocycles. The molecule has 0 radical (unpaired) electrons. The molecule has 0 aliphatic carbocycles. The smallest absolute Gasteiger partial charge is 0.347 e. The summed E-state index contributed by atoms with van der Waals surface area (Å²) < 4.78 is 10.0. The van der Waals surface area contributed by atoms with E-state index in [2.05, 4.69) is 5.32 Å². The minimum Gasteiger partial charge on any atom is -0.478 e. The van der Waals surface area contributed by atoms with Gasteiger partial charge in [0.1, 0.15) is 5.75 Å². The minimum absolute atomic E-state index is 0.0559. The fourth-order valence-electron chi connectivity index (χ4n) is 1.32. The topological polar surface area (TPSA) is 84.9 Å². The van der Waals surface area contributed by atoms with Crippen molar-refractivity contribution in [2.45, 2.75) is 13.0 Å². The average Bonchev–Trinajstić information content (AvgIpc) is 2.28. The van der Waals surface area contributed by atoms with Gasteiger partial charge in [0.05, 0.1) is 6.61 Å². The molecule has 0 aromatic heterocycles. The predicted octanol–water partition coefficient (Wildman–Crippen LogP) is 1.12. The van der Waals surface area contributed by atoms with Crippen LogP contribution < -0.4 is 10.1 Å². The van der Waals surface area contributed by atoms with Gasteiger partial charge in [0.15, 0.2) is 0 Å². The van der Waals surface area contributed by atoms with Gasteiger partial charge in [-0.15, -0.1) is 0 Å². The number of amides is 1. The number of carbonyl (C=O) groups is 2. The van der Waals surface area contributed by atoms with Crippen LogP contribution in [-0.4, -0.2) is 36.8 Å². The summed E-state index contributed by atoms with van der Waals surface area (Å²) >= 11 is 0. The summed E-state index contributed by atoms with van der Waals surface area (Å²) in [5.41, 5.74) is 0.543. The Morgan fingerprint density at radius 3 is 2.72 bits per heavy atom. The van der Waals surface area contributed by atoms with E-state index in [0.29, 0.717) is 11.4 Å². The summed E-state index contributed by atoms with van der Waals surface area (Å²) in [4.78, 5) is 21.8. The second-order valence-corrected chi connectivity index (χ2v) is 3.61. The van der Waals surface area contributed by atoms with E-state index in [0.717, 1.165) is 0 Å². The molecular weight excluding hydrogens is 238 g/mol. The van der Waals surface area contributed by atoms with Gasteiger partial charge in [-0.05, 0) is 12.1 Å². The highest BCUT2D eigenvalue weighted by Crippen LogP contribution is 2.18. The molecule has 0 fully saturated rings. The Balaban J connectivity index is 2.76. The van der Waals surface area contributed by atoms with Crippen LogP contribution in [0.3, 0.4) is 0 Å².